The molecule has 0 aliphatic carbocycles. The van der Waals surface area contributed by atoms with Gasteiger partial charge in [0.15, 0.2) is 0 Å². The fraction of sp³-hybridized carbons (Fsp3) is 0.111. The SMILES string of the molecule is Cc1ccccc1NS(=O)(=O)c1c[nH]c2c1-c1ccccc1NC2. The van der Waals surface area contributed by atoms with Gasteiger partial charge in [-0.25, -0.2) is 8.42 Å². The molecule has 0 atom stereocenters. The van der Waals surface area contributed by atoms with E-state index in [4.69, 9.17) is 0 Å². The van der Waals surface area contributed by atoms with Crippen molar-refractivity contribution in [1.82, 2.24) is 4.98 Å². The highest BCUT2D eigenvalue weighted by atomic mass is 32.2. The summed E-state index contributed by atoms with van der Waals surface area (Å²) in [6.07, 6.45) is 1.56. The first-order chi connectivity index (χ1) is 11.6. The molecular weight excluding hydrogens is 322 g/mol. The molecule has 0 saturated heterocycles. The fourth-order valence-electron chi connectivity index (χ4n) is 3.02. The van der Waals surface area contributed by atoms with E-state index >= 15 is 0 Å². The lowest BCUT2D eigenvalue weighted by Crippen LogP contribution is -2.15. The molecule has 122 valence electrons. The third kappa shape index (κ3) is 2.35. The largest absolute Gasteiger partial charge is 0.379 e. The van der Waals surface area contributed by atoms with Crippen LogP contribution in [0.5, 0.6) is 0 Å². The van der Waals surface area contributed by atoms with Crippen LogP contribution < -0.4 is 10.0 Å². The molecule has 0 unspecified atom stereocenters. The molecule has 6 heteroatoms. The fourth-order valence-corrected chi connectivity index (χ4v) is 4.36. The summed E-state index contributed by atoms with van der Waals surface area (Å²) in [5.74, 6) is 0. The lowest BCUT2D eigenvalue weighted by Gasteiger charge is -2.20. The predicted octanol–water partition coefficient (Wildman–Crippen LogP) is 3.72. The minimum Gasteiger partial charge on any atom is -0.379 e. The van der Waals surface area contributed by atoms with Gasteiger partial charge >= 0.3 is 0 Å². The molecule has 2 aromatic carbocycles. The van der Waals surface area contributed by atoms with E-state index in [0.717, 1.165) is 28.1 Å². The molecule has 0 bridgehead atoms. The number of hydrogen-bond acceptors (Lipinski definition) is 3. The topological polar surface area (TPSA) is 74.0 Å². The van der Waals surface area contributed by atoms with Gasteiger partial charge in [-0.05, 0) is 24.6 Å². The van der Waals surface area contributed by atoms with Crippen LogP contribution in [0.2, 0.25) is 0 Å². The van der Waals surface area contributed by atoms with Gasteiger partial charge in [0, 0.05) is 28.7 Å². The summed E-state index contributed by atoms with van der Waals surface area (Å²) in [6, 6.07) is 15.1. The minimum absolute atomic E-state index is 0.273. The molecule has 3 aromatic rings. The smallest absolute Gasteiger partial charge is 0.264 e. The second kappa shape index (κ2) is 5.42. The van der Waals surface area contributed by atoms with Crippen molar-refractivity contribution >= 4 is 21.4 Å². The van der Waals surface area contributed by atoms with Gasteiger partial charge in [-0.15, -0.1) is 0 Å². The Morgan fingerprint density at radius 2 is 1.79 bits per heavy atom. The van der Waals surface area contributed by atoms with Gasteiger partial charge in [-0.3, -0.25) is 4.72 Å². The molecule has 24 heavy (non-hydrogen) atoms. The second-order valence-electron chi connectivity index (χ2n) is 5.83. The first kappa shape index (κ1) is 14.8. The van der Waals surface area contributed by atoms with Crippen LogP contribution in [-0.4, -0.2) is 13.4 Å². The molecule has 1 aromatic heterocycles. The molecule has 0 saturated carbocycles. The van der Waals surface area contributed by atoms with E-state index in [-0.39, 0.29) is 4.90 Å². The van der Waals surface area contributed by atoms with E-state index in [1.165, 1.54) is 0 Å². The average Bonchev–Trinajstić information content (AvgIpc) is 3.02. The first-order valence-corrected chi connectivity index (χ1v) is 9.16. The van der Waals surface area contributed by atoms with Gasteiger partial charge in [0.1, 0.15) is 4.90 Å². The summed E-state index contributed by atoms with van der Waals surface area (Å²) in [7, 11) is -3.69. The summed E-state index contributed by atoms with van der Waals surface area (Å²) in [6.45, 7) is 2.45. The normalized spacial score (nSPS) is 12.9. The maximum absolute atomic E-state index is 12.9. The van der Waals surface area contributed by atoms with Crippen molar-refractivity contribution < 1.29 is 8.42 Å². The Morgan fingerprint density at radius 1 is 1.04 bits per heavy atom. The minimum atomic E-state index is -3.69. The molecule has 3 N–H and O–H groups in total. The van der Waals surface area contributed by atoms with Crippen molar-refractivity contribution in [3.05, 3.63) is 66.0 Å². The van der Waals surface area contributed by atoms with Crippen molar-refractivity contribution in [2.75, 3.05) is 10.0 Å². The zero-order chi connectivity index (χ0) is 16.7. The van der Waals surface area contributed by atoms with Gasteiger partial charge in [0.25, 0.3) is 10.0 Å². The number of aryl methyl sites for hydroxylation is 1. The molecule has 5 nitrogen and oxygen atoms in total. The highest BCUT2D eigenvalue weighted by Crippen LogP contribution is 2.39. The van der Waals surface area contributed by atoms with E-state index in [1.54, 1.807) is 12.3 Å². The Labute approximate surface area is 140 Å². The monoisotopic (exact) mass is 339 g/mol. The third-order valence-electron chi connectivity index (χ3n) is 4.26. The van der Waals surface area contributed by atoms with E-state index in [9.17, 15) is 8.42 Å². The van der Waals surface area contributed by atoms with E-state index in [0.29, 0.717) is 12.2 Å². The van der Waals surface area contributed by atoms with E-state index < -0.39 is 10.0 Å². The number of aromatic nitrogens is 1. The van der Waals surface area contributed by atoms with Crippen LogP contribution in [0.3, 0.4) is 0 Å². The molecule has 0 radical (unpaired) electrons. The van der Waals surface area contributed by atoms with Gasteiger partial charge in [0.05, 0.1) is 12.2 Å². The van der Waals surface area contributed by atoms with Crippen LogP contribution in [0.1, 0.15) is 11.3 Å². The Balaban J connectivity index is 1.82. The maximum atomic E-state index is 12.9. The summed E-state index contributed by atoms with van der Waals surface area (Å²) < 4.78 is 28.6. The van der Waals surface area contributed by atoms with Crippen molar-refractivity contribution in [1.29, 1.82) is 0 Å². The van der Waals surface area contributed by atoms with Crippen molar-refractivity contribution in [3.63, 3.8) is 0 Å². The number of rotatable bonds is 3. The van der Waals surface area contributed by atoms with Crippen LogP contribution in [0, 0.1) is 6.92 Å². The zero-order valence-electron chi connectivity index (χ0n) is 13.1. The Kier molecular flexibility index (Phi) is 3.35. The summed E-state index contributed by atoms with van der Waals surface area (Å²) in [5.41, 5.74) is 4.92. The van der Waals surface area contributed by atoms with Crippen molar-refractivity contribution in [3.8, 4) is 11.1 Å². The van der Waals surface area contributed by atoms with Crippen molar-refractivity contribution in [2.24, 2.45) is 0 Å². The van der Waals surface area contributed by atoms with Gasteiger partial charge < -0.3 is 10.3 Å². The number of fused-ring (bicyclic) bond motifs is 3. The molecule has 0 amide bonds. The van der Waals surface area contributed by atoms with Crippen LogP contribution in [0.25, 0.3) is 11.1 Å². The van der Waals surface area contributed by atoms with Gasteiger partial charge in [0.2, 0.25) is 0 Å². The Hall–Kier alpha value is -2.73. The molecular formula is C18H17N3O2S. The summed E-state index contributed by atoms with van der Waals surface area (Å²) in [4.78, 5) is 3.36. The number of benzene rings is 2. The quantitative estimate of drug-likeness (QED) is 0.681. The molecule has 0 fully saturated rings. The predicted molar refractivity (Wildman–Crippen MR) is 95.5 cm³/mol. The number of H-pyrrole nitrogens is 1. The van der Waals surface area contributed by atoms with Gasteiger partial charge in [-0.1, -0.05) is 36.4 Å². The maximum Gasteiger partial charge on any atom is 0.264 e. The van der Waals surface area contributed by atoms with Crippen LogP contribution in [-0.2, 0) is 16.6 Å². The van der Waals surface area contributed by atoms with Gasteiger partial charge in [-0.2, -0.15) is 0 Å². The lowest BCUT2D eigenvalue weighted by atomic mass is 10.0. The number of aromatic amines is 1. The van der Waals surface area contributed by atoms with E-state index in [1.807, 2.05) is 49.4 Å². The first-order valence-electron chi connectivity index (χ1n) is 7.68. The average molecular weight is 339 g/mol. The lowest BCUT2D eigenvalue weighted by molar-refractivity contribution is 0.601. The number of anilines is 2. The molecule has 2 heterocycles. The van der Waals surface area contributed by atoms with E-state index in [2.05, 4.69) is 15.0 Å². The Morgan fingerprint density at radius 3 is 2.62 bits per heavy atom. The van der Waals surface area contributed by atoms with Crippen LogP contribution >= 0.6 is 0 Å². The molecule has 4 rings (SSSR count). The standard InChI is InChI=1S/C18H17N3O2S/c1-12-6-2-4-8-14(12)21-24(22,23)17-11-20-16-10-19-15-9-5-3-7-13(15)18(16)17/h2-9,11,19-21H,10H2,1H3. The highest BCUT2D eigenvalue weighted by molar-refractivity contribution is 7.92. The number of hydrogen-bond donors (Lipinski definition) is 3. The number of nitrogens with one attached hydrogen (secondary N) is 3. The zero-order valence-corrected chi connectivity index (χ0v) is 13.9. The highest BCUT2D eigenvalue weighted by Gasteiger charge is 2.27. The van der Waals surface area contributed by atoms with Crippen LogP contribution in [0.15, 0.2) is 59.6 Å². The third-order valence-corrected chi connectivity index (χ3v) is 5.65. The number of para-hydroxylation sites is 2. The Bertz CT molecular complexity index is 1020. The second-order valence-corrected chi connectivity index (χ2v) is 7.48. The molecule has 1 aliphatic heterocycles. The molecule has 0 spiro atoms. The van der Waals surface area contributed by atoms with Crippen molar-refractivity contribution in [2.45, 2.75) is 18.4 Å². The molecule has 1 aliphatic rings. The van der Waals surface area contributed by atoms with Crippen LogP contribution in [0.4, 0.5) is 11.4 Å². The number of sulfonamides is 1. The summed E-state index contributed by atoms with van der Waals surface area (Å²) in [5, 5.41) is 3.30. The summed E-state index contributed by atoms with van der Waals surface area (Å²) >= 11 is 0.